The Balaban J connectivity index is 2.14. The standard InChI is InChI=1S/C21H24BrClOSSi/c1-21(2,26(3,4)24)13-17(16-12-15(22)9-10-18(16)23)20-11-14-7-5-6-8-19(14)25-20/h5-12,17,24H,13H2,1-4H3. The first-order chi connectivity index (χ1) is 12.1. The van der Waals surface area contributed by atoms with Gasteiger partial charge in [-0.1, -0.05) is 59.6 Å². The molecule has 1 heterocycles. The highest BCUT2D eigenvalue weighted by Crippen LogP contribution is 2.49. The van der Waals surface area contributed by atoms with E-state index in [4.69, 9.17) is 11.6 Å². The number of hydrogen-bond acceptors (Lipinski definition) is 2. The third-order valence-electron chi connectivity index (χ3n) is 5.49. The minimum absolute atomic E-state index is 0.139. The van der Waals surface area contributed by atoms with Gasteiger partial charge >= 0.3 is 0 Å². The van der Waals surface area contributed by atoms with Crippen LogP contribution in [0.3, 0.4) is 0 Å². The first kappa shape index (κ1) is 20.1. The molecule has 2 aromatic carbocycles. The molecule has 0 amide bonds. The molecule has 1 N–H and O–H groups in total. The van der Waals surface area contributed by atoms with Crippen molar-refractivity contribution in [3.63, 3.8) is 0 Å². The van der Waals surface area contributed by atoms with Crippen molar-refractivity contribution in [2.45, 2.75) is 44.3 Å². The molecule has 0 radical (unpaired) electrons. The summed E-state index contributed by atoms with van der Waals surface area (Å²) in [5, 5.41) is 1.91. The maximum atomic E-state index is 10.9. The summed E-state index contributed by atoms with van der Waals surface area (Å²) in [5.74, 6) is 0.159. The van der Waals surface area contributed by atoms with Gasteiger partial charge in [0.1, 0.15) is 0 Å². The van der Waals surface area contributed by atoms with Crippen LogP contribution in [0.5, 0.6) is 0 Å². The summed E-state index contributed by atoms with van der Waals surface area (Å²) in [6.07, 6.45) is 0.867. The molecular formula is C21H24BrClOSSi. The zero-order chi connectivity index (χ0) is 19.1. The molecule has 0 spiro atoms. The Kier molecular flexibility index (Phi) is 5.72. The quantitative estimate of drug-likeness (QED) is 0.379. The van der Waals surface area contributed by atoms with E-state index >= 15 is 0 Å². The number of fused-ring (bicyclic) bond motifs is 1. The normalized spacial score (nSPS) is 14.0. The maximum Gasteiger partial charge on any atom is 0.188 e. The van der Waals surface area contributed by atoms with E-state index in [1.54, 1.807) is 0 Å². The molecule has 0 aliphatic heterocycles. The molecule has 1 nitrogen and oxygen atoms in total. The summed E-state index contributed by atoms with van der Waals surface area (Å²) in [7, 11) is -2.33. The van der Waals surface area contributed by atoms with Gasteiger partial charge in [-0.25, -0.2) is 0 Å². The van der Waals surface area contributed by atoms with Crippen LogP contribution in [-0.4, -0.2) is 13.1 Å². The maximum absolute atomic E-state index is 10.9. The van der Waals surface area contributed by atoms with E-state index in [1.165, 1.54) is 15.0 Å². The second kappa shape index (κ2) is 7.40. The molecule has 0 saturated heterocycles. The average Bonchev–Trinajstić information content (AvgIpc) is 2.98. The Morgan fingerprint density at radius 3 is 2.50 bits per heavy atom. The topological polar surface area (TPSA) is 20.2 Å². The van der Waals surface area contributed by atoms with Crippen molar-refractivity contribution in [3.8, 4) is 0 Å². The van der Waals surface area contributed by atoms with Crippen LogP contribution in [0.4, 0.5) is 0 Å². The molecule has 26 heavy (non-hydrogen) atoms. The number of benzene rings is 2. The molecule has 3 aromatic rings. The van der Waals surface area contributed by atoms with E-state index in [0.717, 1.165) is 21.5 Å². The molecule has 3 rings (SSSR count). The van der Waals surface area contributed by atoms with Gasteiger partial charge in [-0.05, 0) is 65.8 Å². The van der Waals surface area contributed by atoms with Gasteiger partial charge in [0.15, 0.2) is 8.32 Å². The third-order valence-corrected chi connectivity index (χ3v) is 11.1. The second-order valence-electron chi connectivity index (χ2n) is 8.05. The fourth-order valence-electron chi connectivity index (χ4n) is 3.08. The van der Waals surface area contributed by atoms with Crippen LogP contribution in [0.25, 0.3) is 10.1 Å². The van der Waals surface area contributed by atoms with Gasteiger partial charge < -0.3 is 4.80 Å². The van der Waals surface area contributed by atoms with Crippen molar-refractivity contribution in [3.05, 3.63) is 68.5 Å². The Labute approximate surface area is 174 Å². The van der Waals surface area contributed by atoms with Crippen LogP contribution >= 0.6 is 38.9 Å². The van der Waals surface area contributed by atoms with Crippen LogP contribution in [0.15, 0.2) is 53.0 Å². The van der Waals surface area contributed by atoms with E-state index in [0.29, 0.717) is 0 Å². The van der Waals surface area contributed by atoms with E-state index in [2.05, 4.69) is 66.2 Å². The van der Waals surface area contributed by atoms with Gasteiger partial charge in [0.25, 0.3) is 0 Å². The molecule has 5 heteroatoms. The van der Waals surface area contributed by atoms with Crippen molar-refractivity contribution < 1.29 is 4.80 Å². The monoisotopic (exact) mass is 466 g/mol. The molecular weight excluding hydrogens is 444 g/mol. The van der Waals surface area contributed by atoms with E-state index < -0.39 is 8.32 Å². The predicted octanol–water partition coefficient (Wildman–Crippen LogP) is 7.82. The molecule has 1 aromatic heterocycles. The SMILES string of the molecule is CC(C)(CC(c1cc2ccccc2s1)c1cc(Br)ccc1Cl)[Si](C)(C)O. The highest BCUT2D eigenvalue weighted by molar-refractivity contribution is 9.10. The summed E-state index contributed by atoms with van der Waals surface area (Å²) in [6, 6.07) is 16.8. The lowest BCUT2D eigenvalue weighted by Gasteiger charge is -2.38. The van der Waals surface area contributed by atoms with Crippen LogP contribution < -0.4 is 0 Å². The average molecular weight is 468 g/mol. The van der Waals surface area contributed by atoms with Crippen LogP contribution in [-0.2, 0) is 0 Å². The highest BCUT2D eigenvalue weighted by atomic mass is 79.9. The summed E-state index contributed by atoms with van der Waals surface area (Å²) in [4.78, 5) is 12.2. The lowest BCUT2D eigenvalue weighted by atomic mass is 9.88. The van der Waals surface area contributed by atoms with Gasteiger partial charge in [-0.3, -0.25) is 0 Å². The summed E-state index contributed by atoms with van der Waals surface area (Å²) >= 11 is 12.0. The number of thiophene rings is 1. The Hall–Kier alpha value is -0.653. The van der Waals surface area contributed by atoms with Gasteiger partial charge in [-0.15, -0.1) is 11.3 Å². The molecule has 0 saturated carbocycles. The first-order valence-corrected chi connectivity index (χ1v) is 13.7. The first-order valence-electron chi connectivity index (χ1n) is 8.74. The number of halogens is 2. The molecule has 1 unspecified atom stereocenters. The third kappa shape index (κ3) is 4.10. The predicted molar refractivity (Wildman–Crippen MR) is 121 cm³/mol. The van der Waals surface area contributed by atoms with Crippen LogP contribution in [0, 0.1) is 0 Å². The smallest absolute Gasteiger partial charge is 0.188 e. The van der Waals surface area contributed by atoms with Crippen molar-refractivity contribution >= 4 is 57.3 Å². The molecule has 0 aliphatic rings. The second-order valence-corrected chi connectivity index (χ2v) is 15.0. The van der Waals surface area contributed by atoms with Crippen molar-refractivity contribution in [2.75, 3.05) is 0 Å². The number of rotatable bonds is 5. The molecule has 1 atom stereocenters. The van der Waals surface area contributed by atoms with Gasteiger partial charge in [-0.2, -0.15) is 0 Å². The minimum atomic E-state index is -2.33. The molecule has 0 bridgehead atoms. The van der Waals surface area contributed by atoms with Crippen molar-refractivity contribution in [1.82, 2.24) is 0 Å². The lowest BCUT2D eigenvalue weighted by molar-refractivity contribution is 0.438. The van der Waals surface area contributed by atoms with E-state index in [1.807, 2.05) is 36.6 Å². The van der Waals surface area contributed by atoms with E-state index in [-0.39, 0.29) is 11.0 Å². The zero-order valence-corrected chi connectivity index (χ0v) is 19.7. The molecule has 138 valence electrons. The lowest BCUT2D eigenvalue weighted by Crippen LogP contribution is -2.40. The fourth-order valence-corrected chi connectivity index (χ4v) is 5.60. The fraction of sp³-hybridized carbons (Fsp3) is 0.333. The van der Waals surface area contributed by atoms with Crippen LogP contribution in [0.2, 0.25) is 23.2 Å². The zero-order valence-electron chi connectivity index (χ0n) is 15.5. The number of hydrogen-bond donors (Lipinski definition) is 1. The van der Waals surface area contributed by atoms with Crippen molar-refractivity contribution in [1.29, 1.82) is 0 Å². The van der Waals surface area contributed by atoms with Crippen LogP contribution in [0.1, 0.15) is 36.6 Å². The highest BCUT2D eigenvalue weighted by Gasteiger charge is 2.41. The Bertz CT molecular complexity index is 896. The minimum Gasteiger partial charge on any atom is -0.432 e. The van der Waals surface area contributed by atoms with Gasteiger partial charge in [0, 0.05) is 25.0 Å². The summed E-state index contributed by atoms with van der Waals surface area (Å²) < 4.78 is 2.32. The summed E-state index contributed by atoms with van der Waals surface area (Å²) in [5.41, 5.74) is 1.12. The van der Waals surface area contributed by atoms with Gasteiger partial charge in [0.2, 0.25) is 0 Å². The Morgan fingerprint density at radius 2 is 1.85 bits per heavy atom. The van der Waals surface area contributed by atoms with Crippen molar-refractivity contribution in [2.24, 2.45) is 0 Å². The molecule has 0 fully saturated rings. The summed E-state index contributed by atoms with van der Waals surface area (Å²) in [6.45, 7) is 8.42. The van der Waals surface area contributed by atoms with E-state index in [9.17, 15) is 4.80 Å². The van der Waals surface area contributed by atoms with Gasteiger partial charge in [0.05, 0.1) is 0 Å². The largest absolute Gasteiger partial charge is 0.432 e. The molecule has 0 aliphatic carbocycles. The Morgan fingerprint density at radius 1 is 1.15 bits per heavy atom.